The van der Waals surface area contributed by atoms with E-state index in [1.807, 2.05) is 41.3 Å². The number of fused-ring (bicyclic) bond motifs is 2. The maximum Gasteiger partial charge on any atom is 0.197 e. The molecule has 4 aromatic rings. The standard InChI is InChI=1S/C18H12FNOS/c1-20-15-7-5-12(19)10-14(15)18(21)13-6-4-11(9-16(13)20)17-3-2-8-22-17/h2-10H,1H3. The lowest BCUT2D eigenvalue weighted by atomic mass is 10.1. The monoisotopic (exact) mass is 309 g/mol. The van der Waals surface area contributed by atoms with Crippen LogP contribution in [0.2, 0.25) is 0 Å². The summed E-state index contributed by atoms with van der Waals surface area (Å²) in [4.78, 5) is 13.8. The van der Waals surface area contributed by atoms with E-state index >= 15 is 0 Å². The summed E-state index contributed by atoms with van der Waals surface area (Å²) in [7, 11) is 1.90. The lowest BCUT2D eigenvalue weighted by Gasteiger charge is -2.11. The molecule has 0 fully saturated rings. The van der Waals surface area contributed by atoms with Gasteiger partial charge in [-0.1, -0.05) is 12.1 Å². The maximum atomic E-state index is 13.5. The third-order valence-electron chi connectivity index (χ3n) is 3.97. The third kappa shape index (κ3) is 1.88. The summed E-state index contributed by atoms with van der Waals surface area (Å²) < 4.78 is 15.4. The van der Waals surface area contributed by atoms with Gasteiger partial charge in [0.15, 0.2) is 5.43 Å². The Balaban J connectivity index is 2.13. The number of pyridine rings is 1. The van der Waals surface area contributed by atoms with Crippen LogP contribution in [0.1, 0.15) is 0 Å². The summed E-state index contributed by atoms with van der Waals surface area (Å²) in [6, 6.07) is 14.2. The molecule has 0 aliphatic rings. The van der Waals surface area contributed by atoms with Crippen molar-refractivity contribution >= 4 is 33.1 Å². The smallest absolute Gasteiger partial charge is 0.197 e. The Morgan fingerprint density at radius 1 is 1.00 bits per heavy atom. The van der Waals surface area contributed by atoms with Gasteiger partial charge in [-0.05, 0) is 47.3 Å². The van der Waals surface area contributed by atoms with Crippen LogP contribution in [0.15, 0.2) is 58.7 Å². The average Bonchev–Trinajstić information content (AvgIpc) is 3.06. The minimum absolute atomic E-state index is 0.125. The number of halogens is 1. The molecule has 108 valence electrons. The van der Waals surface area contributed by atoms with Crippen molar-refractivity contribution in [1.82, 2.24) is 4.57 Å². The average molecular weight is 309 g/mol. The second-order valence-electron chi connectivity index (χ2n) is 5.26. The lowest BCUT2D eigenvalue weighted by Crippen LogP contribution is -2.09. The molecule has 0 atom stereocenters. The van der Waals surface area contributed by atoms with Crippen molar-refractivity contribution < 1.29 is 4.39 Å². The first kappa shape index (κ1) is 13.2. The fraction of sp³-hybridized carbons (Fsp3) is 0.0556. The molecule has 0 saturated carbocycles. The van der Waals surface area contributed by atoms with Crippen molar-refractivity contribution in [3.63, 3.8) is 0 Å². The normalized spacial score (nSPS) is 11.4. The van der Waals surface area contributed by atoms with Crippen molar-refractivity contribution in [2.75, 3.05) is 0 Å². The third-order valence-corrected chi connectivity index (χ3v) is 4.89. The number of nitrogens with zero attached hydrogens (tertiary/aromatic N) is 1. The highest BCUT2D eigenvalue weighted by Crippen LogP contribution is 2.28. The molecule has 0 bridgehead atoms. The molecule has 0 radical (unpaired) electrons. The number of thiophene rings is 1. The Morgan fingerprint density at radius 3 is 2.64 bits per heavy atom. The maximum absolute atomic E-state index is 13.5. The molecule has 0 N–H and O–H groups in total. The number of hydrogen-bond donors (Lipinski definition) is 0. The van der Waals surface area contributed by atoms with Gasteiger partial charge in [-0.3, -0.25) is 4.79 Å². The van der Waals surface area contributed by atoms with E-state index < -0.39 is 0 Å². The van der Waals surface area contributed by atoms with Gasteiger partial charge < -0.3 is 4.57 Å². The fourth-order valence-electron chi connectivity index (χ4n) is 2.85. The topological polar surface area (TPSA) is 22.0 Å². The van der Waals surface area contributed by atoms with E-state index in [-0.39, 0.29) is 11.2 Å². The molecule has 22 heavy (non-hydrogen) atoms. The van der Waals surface area contributed by atoms with Crippen molar-refractivity contribution in [3.05, 3.63) is 70.0 Å². The first-order valence-corrected chi connectivity index (χ1v) is 7.79. The summed E-state index contributed by atoms with van der Waals surface area (Å²) in [5.74, 6) is -0.390. The van der Waals surface area contributed by atoms with Crippen molar-refractivity contribution in [3.8, 4) is 10.4 Å². The molecule has 0 unspecified atom stereocenters. The Morgan fingerprint density at radius 2 is 1.86 bits per heavy atom. The van der Waals surface area contributed by atoms with Crippen LogP contribution in [-0.2, 0) is 7.05 Å². The molecule has 0 amide bonds. The van der Waals surface area contributed by atoms with Crippen LogP contribution in [0, 0.1) is 5.82 Å². The molecule has 0 saturated heterocycles. The van der Waals surface area contributed by atoms with E-state index in [0.29, 0.717) is 10.8 Å². The van der Waals surface area contributed by atoms with Gasteiger partial charge in [-0.25, -0.2) is 4.39 Å². The molecule has 0 spiro atoms. The second-order valence-corrected chi connectivity index (χ2v) is 6.21. The zero-order valence-electron chi connectivity index (χ0n) is 11.8. The van der Waals surface area contributed by atoms with Crippen LogP contribution in [0.25, 0.3) is 32.2 Å². The van der Waals surface area contributed by atoms with Crippen molar-refractivity contribution in [1.29, 1.82) is 0 Å². The molecule has 2 heterocycles. The van der Waals surface area contributed by atoms with Gasteiger partial charge in [-0.15, -0.1) is 11.3 Å². The van der Waals surface area contributed by atoms with Gasteiger partial charge in [0.1, 0.15) is 5.82 Å². The number of hydrogen-bond acceptors (Lipinski definition) is 2. The van der Waals surface area contributed by atoms with Crippen LogP contribution < -0.4 is 5.43 Å². The summed E-state index contributed by atoms with van der Waals surface area (Å²) in [6.45, 7) is 0. The molecule has 4 rings (SSSR count). The SMILES string of the molecule is Cn1c2ccc(F)cc2c(=O)c2ccc(-c3cccs3)cc21. The van der Waals surface area contributed by atoms with Gasteiger partial charge in [0.05, 0.1) is 11.0 Å². The molecule has 2 aromatic carbocycles. The summed E-state index contributed by atoms with van der Waals surface area (Å²) >= 11 is 1.66. The van der Waals surface area contributed by atoms with Crippen molar-refractivity contribution in [2.45, 2.75) is 0 Å². The minimum Gasteiger partial charge on any atom is -0.343 e. The Kier molecular flexibility index (Phi) is 2.87. The molecule has 4 heteroatoms. The zero-order chi connectivity index (χ0) is 15.3. The Labute approximate surface area is 130 Å². The van der Waals surface area contributed by atoms with E-state index in [1.165, 1.54) is 12.1 Å². The quantitative estimate of drug-likeness (QED) is 0.472. The zero-order valence-corrected chi connectivity index (χ0v) is 12.7. The molecule has 0 aliphatic carbocycles. The predicted octanol–water partition coefficient (Wildman–Crippen LogP) is 4.56. The molecule has 2 aromatic heterocycles. The first-order chi connectivity index (χ1) is 10.6. The molecule has 0 aliphatic heterocycles. The first-order valence-electron chi connectivity index (χ1n) is 6.91. The predicted molar refractivity (Wildman–Crippen MR) is 90.0 cm³/mol. The van der Waals surface area contributed by atoms with Crippen molar-refractivity contribution in [2.24, 2.45) is 7.05 Å². The number of benzene rings is 2. The molecular weight excluding hydrogens is 297 g/mol. The van der Waals surface area contributed by atoms with E-state index in [9.17, 15) is 9.18 Å². The Bertz CT molecular complexity index is 1060. The van der Waals surface area contributed by atoms with E-state index in [4.69, 9.17) is 0 Å². The van der Waals surface area contributed by atoms with Gasteiger partial charge in [0, 0.05) is 22.7 Å². The van der Waals surface area contributed by atoms with Crippen LogP contribution in [0.5, 0.6) is 0 Å². The second kappa shape index (κ2) is 4.78. The van der Waals surface area contributed by atoms with Gasteiger partial charge in [0.2, 0.25) is 0 Å². The minimum atomic E-state index is -0.390. The van der Waals surface area contributed by atoms with Crippen LogP contribution in [-0.4, -0.2) is 4.57 Å². The number of aromatic nitrogens is 1. The Hall–Kier alpha value is -2.46. The van der Waals surface area contributed by atoms with Gasteiger partial charge in [-0.2, -0.15) is 0 Å². The summed E-state index contributed by atoms with van der Waals surface area (Å²) in [5, 5.41) is 3.06. The fourth-order valence-corrected chi connectivity index (χ4v) is 3.58. The number of aryl methyl sites for hydroxylation is 1. The lowest BCUT2D eigenvalue weighted by molar-refractivity contribution is 0.629. The largest absolute Gasteiger partial charge is 0.343 e. The number of rotatable bonds is 1. The van der Waals surface area contributed by atoms with E-state index in [2.05, 4.69) is 6.07 Å². The molecule has 2 nitrogen and oxygen atoms in total. The summed E-state index contributed by atoms with van der Waals surface area (Å²) in [5.41, 5.74) is 2.55. The van der Waals surface area contributed by atoms with Gasteiger partial charge >= 0.3 is 0 Å². The van der Waals surface area contributed by atoms with E-state index in [1.54, 1.807) is 17.4 Å². The highest BCUT2D eigenvalue weighted by atomic mass is 32.1. The van der Waals surface area contributed by atoms with E-state index in [0.717, 1.165) is 21.5 Å². The highest BCUT2D eigenvalue weighted by Gasteiger charge is 2.11. The van der Waals surface area contributed by atoms with Gasteiger partial charge in [0.25, 0.3) is 0 Å². The van der Waals surface area contributed by atoms with Crippen LogP contribution in [0.3, 0.4) is 0 Å². The van der Waals surface area contributed by atoms with Crippen LogP contribution >= 0.6 is 11.3 Å². The molecular formula is C18H12FNOS. The van der Waals surface area contributed by atoms with Crippen LogP contribution in [0.4, 0.5) is 4.39 Å². The highest BCUT2D eigenvalue weighted by molar-refractivity contribution is 7.13. The summed E-state index contributed by atoms with van der Waals surface area (Å²) in [6.07, 6.45) is 0.